The minimum atomic E-state index is -0.109. The van der Waals surface area contributed by atoms with E-state index in [9.17, 15) is 5.11 Å². The molecule has 0 saturated heterocycles. The topological polar surface area (TPSA) is 75.3 Å². The molecule has 1 aromatic carbocycles. The van der Waals surface area contributed by atoms with E-state index in [2.05, 4.69) is 23.4 Å². The molecule has 0 fully saturated rings. The molecule has 1 aromatic rings. The molecule has 2 aliphatic rings. The summed E-state index contributed by atoms with van der Waals surface area (Å²) < 4.78 is 8.21. The van der Waals surface area contributed by atoms with Gasteiger partial charge in [-0.2, -0.15) is 0 Å². The van der Waals surface area contributed by atoms with Crippen LogP contribution in [0.1, 0.15) is 19.4 Å². The molecule has 5 nitrogen and oxygen atoms in total. The lowest BCUT2D eigenvalue weighted by Gasteiger charge is -2.08. The first kappa shape index (κ1) is 14.5. The third kappa shape index (κ3) is 2.44. The lowest BCUT2D eigenvalue weighted by atomic mass is 10.1. The van der Waals surface area contributed by atoms with Gasteiger partial charge in [0.1, 0.15) is 24.3 Å². The number of rotatable bonds is 3. The molecule has 0 atom stereocenters. The first-order chi connectivity index (χ1) is 10.7. The standard InChI is InChI=1S/C17H19N3O2/c1-3-20(4-2)12-5-6-14-16(8-12)22-17-9-13(18)11(10-21)7-15(17)19-14/h5-9,18,21H,3-4,10H2,1-2H3/p+1. The van der Waals surface area contributed by atoms with Crippen LogP contribution in [0, 0.1) is 0 Å². The van der Waals surface area contributed by atoms with Crippen molar-refractivity contribution in [3.63, 3.8) is 0 Å². The van der Waals surface area contributed by atoms with Gasteiger partial charge in [0.2, 0.25) is 5.36 Å². The SMILES string of the molecule is CC[N+](CC)=c1ccc2nc3cc(CO)c(N)cc3oc-2c1. The van der Waals surface area contributed by atoms with Gasteiger partial charge < -0.3 is 15.3 Å². The number of aliphatic hydroxyl groups excluding tert-OH is 1. The number of nitrogen functional groups attached to an aromatic ring is 1. The minimum Gasteiger partial charge on any atom is -0.452 e. The van der Waals surface area contributed by atoms with Gasteiger partial charge in [-0.3, -0.25) is 0 Å². The van der Waals surface area contributed by atoms with E-state index in [-0.39, 0.29) is 6.61 Å². The largest absolute Gasteiger partial charge is 0.452 e. The van der Waals surface area contributed by atoms with Crippen molar-refractivity contribution in [1.82, 2.24) is 9.56 Å². The van der Waals surface area contributed by atoms with Crippen LogP contribution in [-0.4, -0.2) is 23.2 Å². The highest BCUT2D eigenvalue weighted by Crippen LogP contribution is 2.26. The Hall–Kier alpha value is -2.40. The summed E-state index contributed by atoms with van der Waals surface area (Å²) in [4.78, 5) is 4.60. The smallest absolute Gasteiger partial charge is 0.203 e. The van der Waals surface area contributed by atoms with Gasteiger partial charge in [0.05, 0.1) is 12.7 Å². The maximum absolute atomic E-state index is 9.30. The van der Waals surface area contributed by atoms with E-state index in [1.165, 1.54) is 0 Å². The van der Waals surface area contributed by atoms with Gasteiger partial charge in [-0.15, -0.1) is 0 Å². The van der Waals surface area contributed by atoms with Crippen molar-refractivity contribution < 1.29 is 9.52 Å². The van der Waals surface area contributed by atoms with E-state index < -0.39 is 0 Å². The highest BCUT2D eigenvalue weighted by atomic mass is 16.3. The molecular formula is C17H20N3O2+. The lowest BCUT2D eigenvalue weighted by molar-refractivity contribution is 0.282. The molecule has 0 saturated carbocycles. The average Bonchev–Trinajstić information content (AvgIpc) is 2.53. The van der Waals surface area contributed by atoms with Crippen molar-refractivity contribution in [2.75, 3.05) is 18.8 Å². The zero-order valence-corrected chi connectivity index (χ0v) is 12.8. The van der Waals surface area contributed by atoms with Crippen molar-refractivity contribution in [2.24, 2.45) is 0 Å². The van der Waals surface area contributed by atoms with Gasteiger partial charge in [0, 0.05) is 23.4 Å². The highest BCUT2D eigenvalue weighted by molar-refractivity contribution is 5.81. The van der Waals surface area contributed by atoms with Gasteiger partial charge in [-0.25, -0.2) is 9.56 Å². The second-order valence-corrected chi connectivity index (χ2v) is 5.22. The van der Waals surface area contributed by atoms with Crippen molar-refractivity contribution in [1.29, 1.82) is 0 Å². The van der Waals surface area contributed by atoms with Crippen LogP contribution in [-0.2, 0) is 6.61 Å². The molecule has 0 unspecified atom stereocenters. The molecule has 0 amide bonds. The van der Waals surface area contributed by atoms with Crippen molar-refractivity contribution in [3.05, 3.63) is 41.3 Å². The van der Waals surface area contributed by atoms with E-state index in [0.717, 1.165) is 29.9 Å². The molecule has 0 bridgehead atoms. The zero-order valence-electron chi connectivity index (χ0n) is 12.8. The second kappa shape index (κ2) is 5.77. The molecule has 1 aliphatic heterocycles. The number of anilines is 1. The third-order valence-corrected chi connectivity index (χ3v) is 3.92. The van der Waals surface area contributed by atoms with Crippen molar-refractivity contribution >= 4 is 16.8 Å². The quantitative estimate of drug-likeness (QED) is 0.439. The average molecular weight is 298 g/mol. The number of nitrogens with two attached hydrogens (primary N) is 1. The molecule has 1 heterocycles. The zero-order chi connectivity index (χ0) is 15.7. The van der Waals surface area contributed by atoms with E-state index in [1.807, 2.05) is 18.2 Å². The van der Waals surface area contributed by atoms with E-state index in [0.29, 0.717) is 22.4 Å². The minimum absolute atomic E-state index is 0.109. The van der Waals surface area contributed by atoms with Crippen LogP contribution in [0.3, 0.4) is 0 Å². The van der Waals surface area contributed by atoms with Crippen LogP contribution in [0.5, 0.6) is 0 Å². The number of aliphatic hydroxyl groups is 1. The molecule has 1 aliphatic carbocycles. The molecule has 0 aromatic heterocycles. The second-order valence-electron chi connectivity index (χ2n) is 5.22. The predicted octanol–water partition coefficient (Wildman–Crippen LogP) is 1.82. The van der Waals surface area contributed by atoms with Crippen molar-refractivity contribution in [2.45, 2.75) is 20.5 Å². The number of nitrogens with zero attached hydrogens (tertiary/aromatic N) is 2. The normalized spacial score (nSPS) is 11.2. The van der Waals surface area contributed by atoms with E-state index in [4.69, 9.17) is 10.2 Å². The fourth-order valence-corrected chi connectivity index (χ4v) is 2.64. The van der Waals surface area contributed by atoms with E-state index in [1.54, 1.807) is 12.1 Å². The summed E-state index contributed by atoms with van der Waals surface area (Å²) in [5.41, 5.74) is 9.19. The van der Waals surface area contributed by atoms with Gasteiger partial charge in [0.15, 0.2) is 11.3 Å². The molecular weight excluding hydrogens is 278 g/mol. The Morgan fingerprint density at radius 3 is 2.64 bits per heavy atom. The summed E-state index contributed by atoms with van der Waals surface area (Å²) >= 11 is 0. The maximum atomic E-state index is 9.30. The van der Waals surface area contributed by atoms with Crippen LogP contribution >= 0.6 is 0 Å². The highest BCUT2D eigenvalue weighted by Gasteiger charge is 2.13. The third-order valence-electron chi connectivity index (χ3n) is 3.92. The van der Waals surface area contributed by atoms with E-state index >= 15 is 0 Å². The number of benzene rings is 2. The summed E-state index contributed by atoms with van der Waals surface area (Å²) in [6.45, 7) is 6.02. The molecule has 114 valence electrons. The molecule has 22 heavy (non-hydrogen) atoms. The number of aromatic nitrogens is 1. The van der Waals surface area contributed by atoms with Crippen LogP contribution in [0.25, 0.3) is 22.6 Å². The maximum Gasteiger partial charge on any atom is 0.203 e. The lowest BCUT2D eigenvalue weighted by Crippen LogP contribution is -2.29. The summed E-state index contributed by atoms with van der Waals surface area (Å²) in [5, 5.41) is 10.4. The van der Waals surface area contributed by atoms with Gasteiger partial charge in [0.25, 0.3) is 0 Å². The van der Waals surface area contributed by atoms with Crippen LogP contribution in [0.4, 0.5) is 5.69 Å². The molecule has 3 rings (SSSR count). The Kier molecular flexibility index (Phi) is 3.81. The summed E-state index contributed by atoms with van der Waals surface area (Å²) in [6, 6.07) is 9.50. The van der Waals surface area contributed by atoms with Gasteiger partial charge >= 0.3 is 0 Å². The Labute approximate surface area is 128 Å². The number of hydrogen-bond acceptors (Lipinski definition) is 4. The summed E-state index contributed by atoms with van der Waals surface area (Å²) in [7, 11) is 0. The first-order valence-corrected chi connectivity index (χ1v) is 7.48. The summed E-state index contributed by atoms with van der Waals surface area (Å²) in [6.07, 6.45) is 0. The fraction of sp³-hybridized carbons (Fsp3) is 0.294. The predicted molar refractivity (Wildman–Crippen MR) is 87.3 cm³/mol. The summed E-state index contributed by atoms with van der Waals surface area (Å²) in [5.74, 6) is 0.730. The Morgan fingerprint density at radius 1 is 1.18 bits per heavy atom. The molecule has 3 N–H and O–H groups in total. The Morgan fingerprint density at radius 2 is 1.95 bits per heavy atom. The Balaban J connectivity index is 2.29. The monoisotopic (exact) mass is 298 g/mol. The molecule has 0 spiro atoms. The number of fused-ring (bicyclic) bond motifs is 2. The Bertz CT molecular complexity index is 862. The van der Waals surface area contributed by atoms with Gasteiger partial charge in [-0.1, -0.05) is 0 Å². The first-order valence-electron chi connectivity index (χ1n) is 7.48. The van der Waals surface area contributed by atoms with Crippen molar-refractivity contribution in [3.8, 4) is 11.5 Å². The van der Waals surface area contributed by atoms with Crippen LogP contribution in [0.15, 0.2) is 34.7 Å². The number of hydrogen-bond donors (Lipinski definition) is 2. The van der Waals surface area contributed by atoms with Crippen LogP contribution < -0.4 is 15.7 Å². The fourth-order valence-electron chi connectivity index (χ4n) is 2.64. The van der Waals surface area contributed by atoms with Gasteiger partial charge in [-0.05, 0) is 26.0 Å². The van der Waals surface area contributed by atoms with Crippen LogP contribution in [0.2, 0.25) is 0 Å². The molecule has 0 radical (unpaired) electrons. The molecule has 5 heteroatoms.